The van der Waals surface area contributed by atoms with E-state index < -0.39 is 0 Å². The van der Waals surface area contributed by atoms with Crippen LogP contribution in [0.4, 0.5) is 0 Å². The van der Waals surface area contributed by atoms with Crippen LogP contribution in [0.1, 0.15) is 24.0 Å². The Morgan fingerprint density at radius 3 is 2.74 bits per heavy atom. The van der Waals surface area contributed by atoms with Gasteiger partial charge in [-0.15, -0.1) is 0 Å². The molecule has 0 aliphatic rings. The van der Waals surface area contributed by atoms with Crippen molar-refractivity contribution in [2.75, 3.05) is 13.7 Å². The minimum Gasteiger partial charge on any atom is -0.496 e. The Balaban J connectivity index is 1.52. The zero-order valence-corrected chi connectivity index (χ0v) is 15.2. The topological polar surface area (TPSA) is 86.7 Å². The molecule has 0 radical (unpaired) electrons. The first kappa shape index (κ1) is 18.5. The molecule has 0 aliphatic heterocycles. The van der Waals surface area contributed by atoms with Crippen molar-refractivity contribution in [2.45, 2.75) is 19.3 Å². The highest BCUT2D eigenvalue weighted by molar-refractivity contribution is 6.00. The highest BCUT2D eigenvalue weighted by atomic mass is 16.5. The first-order chi connectivity index (χ1) is 13.2. The maximum Gasteiger partial charge on any atom is 0.224 e. The Bertz CT molecular complexity index is 932. The number of ether oxygens (including phenoxy) is 1. The summed E-state index contributed by atoms with van der Waals surface area (Å²) in [6.45, 7) is 0.518. The number of amides is 1. The number of oxime groups is 1. The lowest BCUT2D eigenvalue weighted by Gasteiger charge is -2.07. The molecule has 3 N–H and O–H groups in total. The van der Waals surface area contributed by atoms with Gasteiger partial charge in [0.25, 0.3) is 0 Å². The van der Waals surface area contributed by atoms with E-state index in [2.05, 4.69) is 15.5 Å². The largest absolute Gasteiger partial charge is 0.496 e. The van der Waals surface area contributed by atoms with Crippen molar-refractivity contribution < 1.29 is 14.7 Å². The Morgan fingerprint density at radius 1 is 1.19 bits per heavy atom. The lowest BCUT2D eigenvalue weighted by atomic mass is 10.1. The van der Waals surface area contributed by atoms with Crippen molar-refractivity contribution in [3.05, 3.63) is 65.9 Å². The molecule has 6 heteroatoms. The van der Waals surface area contributed by atoms with Gasteiger partial charge in [0.1, 0.15) is 5.75 Å². The highest BCUT2D eigenvalue weighted by Crippen LogP contribution is 2.28. The highest BCUT2D eigenvalue weighted by Gasteiger charge is 2.12. The first-order valence-corrected chi connectivity index (χ1v) is 8.89. The smallest absolute Gasteiger partial charge is 0.224 e. The van der Waals surface area contributed by atoms with Crippen LogP contribution in [0.5, 0.6) is 5.75 Å². The second-order valence-electron chi connectivity index (χ2n) is 6.24. The minimum absolute atomic E-state index is 0.0518. The standard InChI is InChI=1S/C21H23N3O3/c1-27-19-11-5-9-18-21(19)16(14-23-18)13-20(25)22-12-6-10-17(24-26)15-7-3-2-4-8-15/h2-5,7-9,11,14,23,26H,6,10,12-13H2,1H3,(H,22,25)/b24-17-. The van der Waals surface area contributed by atoms with E-state index >= 15 is 0 Å². The number of fused-ring (bicyclic) bond motifs is 1. The van der Waals surface area contributed by atoms with Gasteiger partial charge >= 0.3 is 0 Å². The van der Waals surface area contributed by atoms with Crippen LogP contribution in [0.2, 0.25) is 0 Å². The van der Waals surface area contributed by atoms with E-state index in [1.165, 1.54) is 0 Å². The Kier molecular flexibility index (Phi) is 6.10. The molecule has 0 aliphatic carbocycles. The third-order valence-electron chi connectivity index (χ3n) is 4.46. The summed E-state index contributed by atoms with van der Waals surface area (Å²) in [7, 11) is 1.62. The maximum atomic E-state index is 12.3. The van der Waals surface area contributed by atoms with E-state index in [9.17, 15) is 10.0 Å². The number of benzene rings is 2. The van der Waals surface area contributed by atoms with Crippen LogP contribution < -0.4 is 10.1 Å². The molecule has 1 aromatic heterocycles. The van der Waals surface area contributed by atoms with Crippen molar-refractivity contribution in [3.8, 4) is 5.75 Å². The van der Waals surface area contributed by atoms with Crippen LogP contribution in [-0.2, 0) is 11.2 Å². The first-order valence-electron chi connectivity index (χ1n) is 8.89. The summed E-state index contributed by atoms with van der Waals surface area (Å²) in [5.41, 5.74) is 3.36. The van der Waals surface area contributed by atoms with Gasteiger partial charge < -0.3 is 20.2 Å². The van der Waals surface area contributed by atoms with Gasteiger partial charge in [-0.05, 0) is 36.1 Å². The van der Waals surface area contributed by atoms with Crippen molar-refractivity contribution in [2.24, 2.45) is 5.16 Å². The normalized spacial score (nSPS) is 11.5. The molecule has 0 spiro atoms. The molecule has 3 rings (SSSR count). The SMILES string of the molecule is COc1cccc2[nH]cc(CC(=O)NCCC/C(=N/O)c3ccccc3)c12. The van der Waals surface area contributed by atoms with Crippen molar-refractivity contribution in [1.29, 1.82) is 0 Å². The molecule has 0 saturated heterocycles. The molecule has 6 nitrogen and oxygen atoms in total. The van der Waals surface area contributed by atoms with E-state index in [4.69, 9.17) is 4.74 Å². The van der Waals surface area contributed by atoms with Gasteiger partial charge in [-0.3, -0.25) is 4.79 Å². The van der Waals surface area contributed by atoms with Gasteiger partial charge in [0.15, 0.2) is 0 Å². The number of methoxy groups -OCH3 is 1. The molecule has 0 unspecified atom stereocenters. The minimum atomic E-state index is -0.0518. The molecule has 0 atom stereocenters. The molecule has 0 bridgehead atoms. The number of aromatic nitrogens is 1. The number of nitrogens with zero attached hydrogens (tertiary/aromatic N) is 1. The number of H-pyrrole nitrogens is 1. The molecule has 140 valence electrons. The molecule has 1 heterocycles. The zero-order chi connectivity index (χ0) is 19.1. The molecule has 27 heavy (non-hydrogen) atoms. The summed E-state index contributed by atoms with van der Waals surface area (Å²) in [6, 6.07) is 15.3. The quantitative estimate of drug-likeness (QED) is 0.247. The second-order valence-corrected chi connectivity index (χ2v) is 6.24. The van der Waals surface area contributed by atoms with Crippen LogP contribution in [0.3, 0.4) is 0 Å². The maximum absolute atomic E-state index is 12.3. The molecule has 2 aromatic carbocycles. The van der Waals surface area contributed by atoms with Crippen LogP contribution in [0.25, 0.3) is 10.9 Å². The lowest BCUT2D eigenvalue weighted by Crippen LogP contribution is -2.26. The number of rotatable bonds is 8. The van der Waals surface area contributed by atoms with Gasteiger partial charge in [0.2, 0.25) is 5.91 Å². The van der Waals surface area contributed by atoms with E-state index in [1.807, 2.05) is 54.7 Å². The van der Waals surface area contributed by atoms with Crippen LogP contribution >= 0.6 is 0 Å². The number of nitrogens with one attached hydrogen (secondary N) is 2. The molecular formula is C21H23N3O3. The average molecular weight is 365 g/mol. The number of hydrogen-bond donors (Lipinski definition) is 3. The molecule has 0 fully saturated rings. The monoisotopic (exact) mass is 365 g/mol. The van der Waals surface area contributed by atoms with Gasteiger partial charge in [0.05, 0.1) is 19.2 Å². The summed E-state index contributed by atoms with van der Waals surface area (Å²) in [5.74, 6) is 0.701. The van der Waals surface area contributed by atoms with E-state index in [0.717, 1.165) is 27.8 Å². The summed E-state index contributed by atoms with van der Waals surface area (Å²) < 4.78 is 5.40. The number of hydrogen-bond acceptors (Lipinski definition) is 4. The fraction of sp³-hybridized carbons (Fsp3) is 0.238. The van der Waals surface area contributed by atoms with Gasteiger partial charge in [0, 0.05) is 23.6 Å². The molecular weight excluding hydrogens is 342 g/mol. The van der Waals surface area contributed by atoms with Gasteiger partial charge in [-0.25, -0.2) is 0 Å². The lowest BCUT2D eigenvalue weighted by molar-refractivity contribution is -0.120. The Labute approximate surface area is 157 Å². The second kappa shape index (κ2) is 8.89. The van der Waals surface area contributed by atoms with Crippen LogP contribution in [-0.4, -0.2) is 35.5 Å². The van der Waals surface area contributed by atoms with Gasteiger partial charge in [-0.1, -0.05) is 41.6 Å². The van der Waals surface area contributed by atoms with Gasteiger partial charge in [-0.2, -0.15) is 0 Å². The predicted molar refractivity (Wildman–Crippen MR) is 106 cm³/mol. The predicted octanol–water partition coefficient (Wildman–Crippen LogP) is 3.49. The number of carbonyl (C=O) groups excluding carboxylic acids is 1. The fourth-order valence-electron chi connectivity index (χ4n) is 3.13. The molecule has 0 saturated carbocycles. The number of aromatic amines is 1. The average Bonchev–Trinajstić information content (AvgIpc) is 3.11. The van der Waals surface area contributed by atoms with Crippen molar-refractivity contribution in [1.82, 2.24) is 10.3 Å². The number of carbonyl (C=O) groups is 1. The van der Waals surface area contributed by atoms with Crippen molar-refractivity contribution in [3.63, 3.8) is 0 Å². The molecule has 3 aromatic rings. The zero-order valence-electron chi connectivity index (χ0n) is 15.2. The Morgan fingerprint density at radius 2 is 2.00 bits per heavy atom. The van der Waals surface area contributed by atoms with Crippen molar-refractivity contribution >= 4 is 22.5 Å². The third-order valence-corrected chi connectivity index (χ3v) is 4.46. The summed E-state index contributed by atoms with van der Waals surface area (Å²) >= 11 is 0. The van der Waals surface area contributed by atoms with Crippen LogP contribution in [0.15, 0.2) is 59.9 Å². The third kappa shape index (κ3) is 4.47. The Hall–Kier alpha value is -3.28. The summed E-state index contributed by atoms with van der Waals surface area (Å²) in [4.78, 5) is 15.5. The summed E-state index contributed by atoms with van der Waals surface area (Å²) in [5, 5.41) is 16.4. The van der Waals surface area contributed by atoms with E-state index in [0.29, 0.717) is 25.1 Å². The van der Waals surface area contributed by atoms with E-state index in [-0.39, 0.29) is 12.3 Å². The fourth-order valence-corrected chi connectivity index (χ4v) is 3.13. The van der Waals surface area contributed by atoms with E-state index in [1.54, 1.807) is 7.11 Å². The molecule has 1 amide bonds. The summed E-state index contributed by atoms with van der Waals surface area (Å²) in [6.07, 6.45) is 3.40. The van der Waals surface area contributed by atoms with Crippen LogP contribution in [0, 0.1) is 0 Å².